The lowest BCUT2D eigenvalue weighted by Gasteiger charge is -2.35. The van der Waals surface area contributed by atoms with Gasteiger partial charge in [0.05, 0.1) is 4.47 Å². The maximum atomic E-state index is 6.00. The second kappa shape index (κ2) is 5.67. The van der Waals surface area contributed by atoms with Crippen molar-refractivity contribution in [1.29, 1.82) is 0 Å². The molecule has 2 N–H and O–H groups in total. The molecule has 1 aromatic rings. The van der Waals surface area contributed by atoms with Crippen LogP contribution in [0.5, 0.6) is 0 Å². The Bertz CT molecular complexity index is 395. The van der Waals surface area contributed by atoms with E-state index in [2.05, 4.69) is 48.7 Å². The molecule has 5 heteroatoms. The van der Waals surface area contributed by atoms with Gasteiger partial charge in [-0.15, -0.1) is 0 Å². The summed E-state index contributed by atoms with van der Waals surface area (Å²) in [6, 6.07) is 2.30. The van der Waals surface area contributed by atoms with Gasteiger partial charge in [-0.3, -0.25) is 0 Å². The maximum absolute atomic E-state index is 6.00. The number of rotatable bonds is 2. The van der Waals surface area contributed by atoms with Crippen LogP contribution in [-0.4, -0.2) is 24.1 Å². The zero-order chi connectivity index (χ0) is 12.4. The molecule has 0 spiro atoms. The molecule has 0 aromatic carbocycles. The first-order valence-corrected chi connectivity index (χ1v) is 7.48. The van der Waals surface area contributed by atoms with Gasteiger partial charge in [-0.2, -0.15) is 0 Å². The fourth-order valence-electron chi connectivity index (χ4n) is 2.27. The molecule has 1 saturated heterocycles. The summed E-state index contributed by atoms with van der Waals surface area (Å²) in [5.41, 5.74) is 6.00. The molecular weight excluding hydrogens is 346 g/mol. The smallest absolute Gasteiger partial charge is 0.142 e. The lowest BCUT2D eigenvalue weighted by Crippen LogP contribution is -2.42. The van der Waals surface area contributed by atoms with Gasteiger partial charge >= 0.3 is 0 Å². The van der Waals surface area contributed by atoms with E-state index in [0.29, 0.717) is 5.92 Å². The fourth-order valence-corrected chi connectivity index (χ4v) is 3.51. The molecule has 2 unspecified atom stereocenters. The van der Waals surface area contributed by atoms with Crippen molar-refractivity contribution in [2.45, 2.75) is 25.8 Å². The third-order valence-corrected chi connectivity index (χ3v) is 4.31. The first-order chi connectivity index (χ1) is 8.08. The summed E-state index contributed by atoms with van der Waals surface area (Å²) < 4.78 is 2.03. The van der Waals surface area contributed by atoms with Crippen molar-refractivity contribution in [2.24, 2.45) is 11.7 Å². The number of nitrogens with zero attached hydrogens (tertiary/aromatic N) is 2. The van der Waals surface area contributed by atoms with Gasteiger partial charge in [-0.25, -0.2) is 4.98 Å². The van der Waals surface area contributed by atoms with Crippen LogP contribution in [0.1, 0.15) is 19.8 Å². The van der Waals surface area contributed by atoms with Gasteiger partial charge in [0, 0.05) is 29.8 Å². The van der Waals surface area contributed by atoms with Crippen molar-refractivity contribution >= 4 is 37.7 Å². The first kappa shape index (κ1) is 13.3. The van der Waals surface area contributed by atoms with Crippen LogP contribution in [0.15, 0.2) is 21.2 Å². The summed E-state index contributed by atoms with van der Waals surface area (Å²) in [6.45, 7) is 4.17. The van der Waals surface area contributed by atoms with Crippen LogP contribution in [0.2, 0.25) is 0 Å². The van der Waals surface area contributed by atoms with Gasteiger partial charge in [0.15, 0.2) is 0 Å². The van der Waals surface area contributed by atoms with Crippen molar-refractivity contribution in [3.8, 4) is 0 Å². The van der Waals surface area contributed by atoms with Crippen LogP contribution in [0.25, 0.3) is 0 Å². The zero-order valence-electron chi connectivity index (χ0n) is 9.87. The highest BCUT2D eigenvalue weighted by Crippen LogP contribution is 2.30. The molecular formula is C12H17Br2N3. The van der Waals surface area contributed by atoms with Crippen LogP contribution in [0, 0.1) is 5.92 Å². The minimum atomic E-state index is 0.257. The minimum absolute atomic E-state index is 0.257. The summed E-state index contributed by atoms with van der Waals surface area (Å²) in [5.74, 6) is 1.60. The molecule has 3 nitrogen and oxygen atoms in total. The molecule has 0 radical (unpaired) electrons. The van der Waals surface area contributed by atoms with Gasteiger partial charge in [0.25, 0.3) is 0 Å². The van der Waals surface area contributed by atoms with Gasteiger partial charge in [-0.1, -0.05) is 0 Å². The van der Waals surface area contributed by atoms with Crippen LogP contribution in [0.4, 0.5) is 5.82 Å². The Balaban J connectivity index is 2.16. The van der Waals surface area contributed by atoms with Crippen molar-refractivity contribution < 1.29 is 0 Å². The quantitative estimate of drug-likeness (QED) is 0.878. The molecule has 2 rings (SSSR count). The van der Waals surface area contributed by atoms with Crippen molar-refractivity contribution in [2.75, 3.05) is 18.0 Å². The molecule has 2 heterocycles. The molecule has 0 aliphatic carbocycles. The van der Waals surface area contributed by atoms with Gasteiger partial charge < -0.3 is 10.6 Å². The number of piperidine rings is 1. The number of nitrogens with two attached hydrogens (primary N) is 1. The maximum Gasteiger partial charge on any atom is 0.142 e. The third-order valence-electron chi connectivity index (χ3n) is 3.29. The van der Waals surface area contributed by atoms with E-state index in [1.807, 2.05) is 12.3 Å². The van der Waals surface area contributed by atoms with Crippen LogP contribution >= 0.6 is 31.9 Å². The number of aromatic nitrogens is 1. The Morgan fingerprint density at radius 2 is 2.29 bits per heavy atom. The van der Waals surface area contributed by atoms with E-state index in [1.54, 1.807) is 0 Å². The molecule has 0 bridgehead atoms. The largest absolute Gasteiger partial charge is 0.355 e. The lowest BCUT2D eigenvalue weighted by molar-refractivity contribution is 0.363. The van der Waals surface area contributed by atoms with Gasteiger partial charge in [0.2, 0.25) is 0 Å². The zero-order valence-corrected chi connectivity index (χ0v) is 13.0. The van der Waals surface area contributed by atoms with Crippen molar-refractivity contribution in [1.82, 2.24) is 4.98 Å². The predicted octanol–water partition coefficient (Wildman–Crippen LogP) is 3.17. The summed E-state index contributed by atoms with van der Waals surface area (Å²) in [6.07, 6.45) is 4.26. The van der Waals surface area contributed by atoms with E-state index < -0.39 is 0 Å². The molecule has 17 heavy (non-hydrogen) atoms. The summed E-state index contributed by atoms with van der Waals surface area (Å²) in [4.78, 5) is 6.81. The SMILES string of the molecule is CC(N)C1CCCN(c2ncc(Br)cc2Br)C1. The normalized spacial score (nSPS) is 22.6. The minimum Gasteiger partial charge on any atom is -0.355 e. The fraction of sp³-hybridized carbons (Fsp3) is 0.583. The standard InChI is InChI=1S/C12H17Br2N3/c1-8(15)9-3-2-4-17(7-9)12-11(14)5-10(13)6-16-12/h5-6,8-9H,2-4,7,15H2,1H3. The average molecular weight is 363 g/mol. The Labute approximate surface area is 119 Å². The number of pyridine rings is 1. The Hall–Kier alpha value is -0.130. The number of anilines is 1. The van der Waals surface area contributed by atoms with E-state index in [0.717, 1.165) is 27.9 Å². The number of hydrogen-bond acceptors (Lipinski definition) is 3. The van der Waals surface area contributed by atoms with E-state index >= 15 is 0 Å². The van der Waals surface area contributed by atoms with Crippen LogP contribution < -0.4 is 10.6 Å². The Morgan fingerprint density at radius 1 is 1.53 bits per heavy atom. The van der Waals surface area contributed by atoms with E-state index in [4.69, 9.17) is 5.73 Å². The molecule has 2 atom stereocenters. The van der Waals surface area contributed by atoms with E-state index in [9.17, 15) is 0 Å². The summed E-state index contributed by atoms with van der Waals surface area (Å²) in [5, 5.41) is 0. The third kappa shape index (κ3) is 3.20. The average Bonchev–Trinajstić information content (AvgIpc) is 2.29. The molecule has 1 fully saturated rings. The van der Waals surface area contributed by atoms with E-state index in [1.165, 1.54) is 12.8 Å². The second-order valence-corrected chi connectivity index (χ2v) is 6.44. The van der Waals surface area contributed by atoms with Gasteiger partial charge in [-0.05, 0) is 63.6 Å². The number of halogens is 2. The summed E-state index contributed by atoms with van der Waals surface area (Å²) in [7, 11) is 0. The predicted molar refractivity (Wildman–Crippen MR) is 78.2 cm³/mol. The van der Waals surface area contributed by atoms with Crippen LogP contribution in [0.3, 0.4) is 0 Å². The highest BCUT2D eigenvalue weighted by atomic mass is 79.9. The number of hydrogen-bond donors (Lipinski definition) is 1. The Kier molecular flexibility index (Phi) is 4.44. The highest BCUT2D eigenvalue weighted by Gasteiger charge is 2.24. The molecule has 1 aliphatic heterocycles. The van der Waals surface area contributed by atoms with Crippen molar-refractivity contribution in [3.05, 3.63) is 21.2 Å². The topological polar surface area (TPSA) is 42.1 Å². The highest BCUT2D eigenvalue weighted by molar-refractivity contribution is 9.11. The first-order valence-electron chi connectivity index (χ1n) is 5.89. The van der Waals surface area contributed by atoms with Gasteiger partial charge in [0.1, 0.15) is 5.82 Å². The van der Waals surface area contributed by atoms with Crippen molar-refractivity contribution in [3.63, 3.8) is 0 Å². The molecule has 0 amide bonds. The monoisotopic (exact) mass is 361 g/mol. The molecule has 94 valence electrons. The molecule has 0 saturated carbocycles. The van der Waals surface area contributed by atoms with Crippen LogP contribution in [-0.2, 0) is 0 Å². The summed E-state index contributed by atoms with van der Waals surface area (Å²) >= 11 is 7.00. The lowest BCUT2D eigenvalue weighted by atomic mass is 9.92. The van der Waals surface area contributed by atoms with E-state index in [-0.39, 0.29) is 6.04 Å². The molecule has 1 aliphatic rings. The second-order valence-electron chi connectivity index (χ2n) is 4.67. The Morgan fingerprint density at radius 3 is 2.94 bits per heavy atom. The molecule has 1 aromatic heterocycles.